The van der Waals surface area contributed by atoms with Gasteiger partial charge in [-0.2, -0.15) is 18.3 Å². The summed E-state index contributed by atoms with van der Waals surface area (Å²) in [5.74, 6) is -0.217. The zero-order valence-corrected chi connectivity index (χ0v) is 14.5. The second-order valence-electron chi connectivity index (χ2n) is 5.58. The number of amides is 1. The van der Waals surface area contributed by atoms with Crippen molar-refractivity contribution in [2.45, 2.75) is 13.1 Å². The number of ether oxygens (including phenoxy) is 1. The summed E-state index contributed by atoms with van der Waals surface area (Å²) in [5, 5.41) is 15.0. The normalized spacial score (nSPS) is 11.8. The Morgan fingerprint density at radius 2 is 1.89 bits per heavy atom. The first-order chi connectivity index (χ1) is 13.1. The molecule has 0 aliphatic heterocycles. The third kappa shape index (κ3) is 5.43. The first-order valence-electron chi connectivity index (χ1n) is 7.75. The van der Waals surface area contributed by atoms with Gasteiger partial charge in [0.1, 0.15) is 11.4 Å². The third-order valence-electron chi connectivity index (χ3n) is 3.52. The maximum atomic E-state index is 12.7. The number of anilines is 1. The fourth-order valence-corrected chi connectivity index (χ4v) is 2.11. The van der Waals surface area contributed by atoms with E-state index in [9.17, 15) is 28.1 Å². The largest absolute Gasteiger partial charge is 0.484 e. The molecular weight excluding hydrogens is 381 g/mol. The predicted octanol–water partition coefficient (Wildman–Crippen LogP) is 3.31. The molecular formula is C17H15F3N4O4. The molecule has 0 saturated heterocycles. The highest BCUT2D eigenvalue weighted by molar-refractivity contribution is 5.99. The van der Waals surface area contributed by atoms with E-state index in [1.54, 1.807) is 31.2 Å². The van der Waals surface area contributed by atoms with Gasteiger partial charge in [-0.05, 0) is 48.9 Å². The molecule has 0 atom stereocenters. The molecule has 2 aromatic carbocycles. The second kappa shape index (κ2) is 8.37. The fourth-order valence-electron chi connectivity index (χ4n) is 2.11. The molecule has 0 aromatic heterocycles. The monoisotopic (exact) mass is 396 g/mol. The topological polar surface area (TPSA) is 120 Å². The lowest BCUT2D eigenvalue weighted by Gasteiger charge is -2.09. The number of benzene rings is 2. The van der Waals surface area contributed by atoms with E-state index in [0.717, 1.165) is 12.1 Å². The number of carbonyl (C=O) groups is 1. The minimum absolute atomic E-state index is 0.182. The number of nitro groups is 1. The van der Waals surface area contributed by atoms with E-state index in [1.807, 2.05) is 0 Å². The van der Waals surface area contributed by atoms with Gasteiger partial charge in [-0.15, -0.1) is 0 Å². The number of nitrogens with zero attached hydrogens (tertiary/aromatic N) is 2. The van der Waals surface area contributed by atoms with Gasteiger partial charge in [-0.3, -0.25) is 20.3 Å². The van der Waals surface area contributed by atoms with Gasteiger partial charge in [0.15, 0.2) is 6.61 Å². The molecule has 11 heteroatoms. The Balaban J connectivity index is 2.18. The zero-order chi connectivity index (χ0) is 20.9. The van der Waals surface area contributed by atoms with Gasteiger partial charge in [0.2, 0.25) is 0 Å². The number of primary amides is 1. The molecule has 0 aliphatic rings. The lowest BCUT2D eigenvalue weighted by atomic mass is 10.1. The van der Waals surface area contributed by atoms with Crippen molar-refractivity contribution in [3.8, 4) is 5.75 Å². The van der Waals surface area contributed by atoms with E-state index in [4.69, 9.17) is 10.5 Å². The van der Waals surface area contributed by atoms with Gasteiger partial charge in [0.05, 0.1) is 16.2 Å². The maximum absolute atomic E-state index is 12.7. The second-order valence-corrected chi connectivity index (χ2v) is 5.58. The van der Waals surface area contributed by atoms with Crippen LogP contribution >= 0.6 is 0 Å². The van der Waals surface area contributed by atoms with Gasteiger partial charge in [0.25, 0.3) is 11.6 Å². The van der Waals surface area contributed by atoms with Crippen molar-refractivity contribution >= 4 is 23.0 Å². The highest BCUT2D eigenvalue weighted by Crippen LogP contribution is 2.35. The van der Waals surface area contributed by atoms with E-state index in [-0.39, 0.29) is 12.3 Å². The molecule has 0 aliphatic carbocycles. The van der Waals surface area contributed by atoms with Gasteiger partial charge in [-0.25, -0.2) is 0 Å². The van der Waals surface area contributed by atoms with Crippen LogP contribution in [0.3, 0.4) is 0 Å². The van der Waals surface area contributed by atoms with Crippen LogP contribution in [0, 0.1) is 10.1 Å². The number of hydrogen-bond donors (Lipinski definition) is 2. The van der Waals surface area contributed by atoms with Crippen LogP contribution in [0.25, 0.3) is 0 Å². The average Bonchev–Trinajstić information content (AvgIpc) is 2.63. The molecule has 28 heavy (non-hydrogen) atoms. The summed E-state index contributed by atoms with van der Waals surface area (Å²) in [4.78, 5) is 20.8. The first-order valence-corrected chi connectivity index (χ1v) is 7.75. The Morgan fingerprint density at radius 1 is 1.25 bits per heavy atom. The minimum atomic E-state index is -4.69. The summed E-state index contributed by atoms with van der Waals surface area (Å²) >= 11 is 0. The van der Waals surface area contributed by atoms with E-state index in [1.165, 1.54) is 0 Å². The zero-order valence-electron chi connectivity index (χ0n) is 14.5. The Hall–Kier alpha value is -3.63. The molecule has 0 radical (unpaired) electrons. The number of hydrazone groups is 1. The molecule has 148 valence electrons. The predicted molar refractivity (Wildman–Crippen MR) is 95.1 cm³/mol. The van der Waals surface area contributed by atoms with Gasteiger partial charge in [0, 0.05) is 6.07 Å². The van der Waals surface area contributed by atoms with Crippen LogP contribution in [-0.4, -0.2) is 23.1 Å². The summed E-state index contributed by atoms with van der Waals surface area (Å²) in [7, 11) is 0. The standard InChI is InChI=1S/C17H15F3N4O4/c1-10(11-2-5-13(6-3-11)28-9-16(21)25)22-23-14-7-4-12(17(18,19)20)8-15(14)24(26)27/h2-8,23H,9H2,1H3,(H2,21,25)/b22-10-. The third-order valence-corrected chi connectivity index (χ3v) is 3.52. The van der Waals surface area contributed by atoms with E-state index in [2.05, 4.69) is 10.5 Å². The summed E-state index contributed by atoms with van der Waals surface area (Å²) < 4.78 is 43.3. The molecule has 0 heterocycles. The van der Waals surface area contributed by atoms with Gasteiger partial charge < -0.3 is 10.5 Å². The molecule has 3 N–H and O–H groups in total. The SMILES string of the molecule is C/C(=N/Nc1ccc(C(F)(F)F)cc1[N+](=O)[O-])c1ccc(OCC(N)=O)cc1. The molecule has 0 saturated carbocycles. The molecule has 0 bridgehead atoms. The average molecular weight is 396 g/mol. The number of rotatable bonds is 7. The highest BCUT2D eigenvalue weighted by Gasteiger charge is 2.33. The maximum Gasteiger partial charge on any atom is 0.416 e. The van der Waals surface area contributed by atoms with Crippen LogP contribution in [0.4, 0.5) is 24.5 Å². The minimum Gasteiger partial charge on any atom is -0.484 e. The number of hydrogen-bond acceptors (Lipinski definition) is 6. The fraction of sp³-hybridized carbons (Fsp3) is 0.176. The molecule has 0 spiro atoms. The molecule has 2 rings (SSSR count). The van der Waals surface area contributed by atoms with Crippen LogP contribution in [0.15, 0.2) is 47.6 Å². The highest BCUT2D eigenvalue weighted by atomic mass is 19.4. The van der Waals surface area contributed by atoms with Crippen LogP contribution in [0.5, 0.6) is 5.75 Å². The number of nitrogens with one attached hydrogen (secondary N) is 1. The van der Waals surface area contributed by atoms with Crippen molar-refractivity contribution in [3.05, 3.63) is 63.7 Å². The number of nitrogens with two attached hydrogens (primary N) is 1. The first kappa shape index (κ1) is 20.7. The quantitative estimate of drug-likeness (QED) is 0.423. The van der Waals surface area contributed by atoms with Crippen molar-refractivity contribution in [2.75, 3.05) is 12.0 Å². The van der Waals surface area contributed by atoms with Crippen LogP contribution in [0.1, 0.15) is 18.1 Å². The van der Waals surface area contributed by atoms with E-state index < -0.39 is 28.3 Å². The lowest BCUT2D eigenvalue weighted by molar-refractivity contribution is -0.384. The smallest absolute Gasteiger partial charge is 0.416 e. The number of nitro benzene ring substituents is 1. The van der Waals surface area contributed by atoms with Crippen molar-refractivity contribution in [2.24, 2.45) is 10.8 Å². The Morgan fingerprint density at radius 3 is 2.43 bits per heavy atom. The lowest BCUT2D eigenvalue weighted by Crippen LogP contribution is -2.20. The summed E-state index contributed by atoms with van der Waals surface area (Å²) in [6, 6.07) is 8.49. The number of halogens is 3. The van der Waals surface area contributed by atoms with Crippen LogP contribution < -0.4 is 15.9 Å². The van der Waals surface area contributed by atoms with Crippen LogP contribution in [-0.2, 0) is 11.0 Å². The molecule has 1 amide bonds. The molecule has 2 aromatic rings. The van der Waals surface area contributed by atoms with Crippen molar-refractivity contribution in [1.82, 2.24) is 0 Å². The molecule has 8 nitrogen and oxygen atoms in total. The van der Waals surface area contributed by atoms with Gasteiger partial charge in [-0.1, -0.05) is 0 Å². The van der Waals surface area contributed by atoms with E-state index >= 15 is 0 Å². The summed E-state index contributed by atoms with van der Waals surface area (Å²) in [6.07, 6.45) is -4.69. The Labute approximate surface area is 156 Å². The van der Waals surface area contributed by atoms with Crippen molar-refractivity contribution < 1.29 is 27.6 Å². The Bertz CT molecular complexity index is 912. The number of alkyl halides is 3. The molecule has 0 unspecified atom stereocenters. The summed E-state index contributed by atoms with van der Waals surface area (Å²) in [6.45, 7) is 1.33. The number of carbonyl (C=O) groups excluding carboxylic acids is 1. The van der Waals surface area contributed by atoms with Gasteiger partial charge >= 0.3 is 6.18 Å². The van der Waals surface area contributed by atoms with Crippen molar-refractivity contribution in [3.63, 3.8) is 0 Å². The van der Waals surface area contributed by atoms with E-state index in [0.29, 0.717) is 23.1 Å². The Kier molecular flexibility index (Phi) is 6.18. The van der Waals surface area contributed by atoms with Crippen LogP contribution in [0.2, 0.25) is 0 Å². The van der Waals surface area contributed by atoms with Crippen molar-refractivity contribution in [1.29, 1.82) is 0 Å². The molecule has 0 fully saturated rings. The summed E-state index contributed by atoms with van der Waals surface area (Å²) in [5.41, 5.74) is 6.36.